The highest BCUT2D eigenvalue weighted by atomic mass is 32.1. The molecule has 1 fully saturated rings. The third-order valence-electron chi connectivity index (χ3n) is 4.39. The van der Waals surface area contributed by atoms with Crippen molar-refractivity contribution >= 4 is 22.4 Å². The summed E-state index contributed by atoms with van der Waals surface area (Å²) < 4.78 is 5.60. The zero-order chi connectivity index (χ0) is 18.5. The zero-order valence-electron chi connectivity index (χ0n) is 15.7. The van der Waals surface area contributed by atoms with Crippen molar-refractivity contribution in [1.29, 1.82) is 0 Å². The van der Waals surface area contributed by atoms with Gasteiger partial charge in [0.2, 0.25) is 0 Å². The van der Waals surface area contributed by atoms with E-state index in [9.17, 15) is 4.79 Å². The Kier molecular flexibility index (Phi) is 6.27. The Balaban J connectivity index is 1.55. The first-order valence-electron chi connectivity index (χ1n) is 9.24. The number of hydrogen-bond acceptors (Lipinski definition) is 5. The number of amides is 1. The average molecular weight is 374 g/mol. The lowest BCUT2D eigenvalue weighted by molar-refractivity contribution is 0.102. The highest BCUT2D eigenvalue weighted by molar-refractivity contribution is 7.13. The molecule has 26 heavy (non-hydrogen) atoms. The summed E-state index contributed by atoms with van der Waals surface area (Å²) >= 11 is 1.48. The number of anilines is 1. The molecular weight excluding hydrogens is 346 g/mol. The number of carbonyl (C=O) groups is 1. The van der Waals surface area contributed by atoms with E-state index in [1.54, 1.807) is 12.1 Å². The number of nitrogens with one attached hydrogen (secondary N) is 1. The summed E-state index contributed by atoms with van der Waals surface area (Å²) in [5.41, 5.74) is 1.63. The minimum absolute atomic E-state index is 0.117. The summed E-state index contributed by atoms with van der Waals surface area (Å²) in [6, 6.07) is 7.19. The van der Waals surface area contributed by atoms with Gasteiger partial charge in [-0.15, -0.1) is 11.3 Å². The van der Waals surface area contributed by atoms with E-state index in [1.807, 2.05) is 31.4 Å². The number of piperidine rings is 1. The first kappa shape index (κ1) is 18.9. The van der Waals surface area contributed by atoms with Crippen molar-refractivity contribution in [2.24, 2.45) is 5.92 Å². The summed E-state index contributed by atoms with van der Waals surface area (Å²) in [6.45, 7) is 9.38. The van der Waals surface area contributed by atoms with Crippen LogP contribution in [-0.4, -0.2) is 35.0 Å². The molecule has 1 aliphatic heterocycles. The molecule has 1 amide bonds. The van der Waals surface area contributed by atoms with Gasteiger partial charge in [0.1, 0.15) is 5.75 Å². The molecule has 3 rings (SSSR count). The number of thiazole rings is 1. The maximum atomic E-state index is 12.4. The van der Waals surface area contributed by atoms with Gasteiger partial charge in [0, 0.05) is 24.0 Å². The molecule has 0 bridgehead atoms. The molecule has 2 aromatic rings. The second kappa shape index (κ2) is 8.64. The summed E-state index contributed by atoms with van der Waals surface area (Å²) in [5, 5.41) is 5.58. The van der Waals surface area contributed by atoms with Gasteiger partial charge in [0.15, 0.2) is 5.13 Å². The summed E-state index contributed by atoms with van der Waals surface area (Å²) in [4.78, 5) is 19.4. The number of hydrogen-bond donors (Lipinski definition) is 1. The third-order valence-corrected chi connectivity index (χ3v) is 5.19. The number of ether oxygens (including phenoxy) is 1. The predicted molar refractivity (Wildman–Crippen MR) is 106 cm³/mol. The largest absolute Gasteiger partial charge is 0.491 e. The average Bonchev–Trinajstić information content (AvgIpc) is 3.02. The molecule has 2 heterocycles. The van der Waals surface area contributed by atoms with Crippen LogP contribution in [0.3, 0.4) is 0 Å². The van der Waals surface area contributed by atoms with Crippen LogP contribution in [0.15, 0.2) is 29.6 Å². The van der Waals surface area contributed by atoms with Crippen LogP contribution in [0, 0.1) is 5.92 Å². The number of nitrogens with zero attached hydrogens (tertiary/aromatic N) is 2. The van der Waals surface area contributed by atoms with Gasteiger partial charge in [-0.1, -0.05) is 6.92 Å². The molecule has 1 saturated heterocycles. The van der Waals surface area contributed by atoms with Crippen LogP contribution < -0.4 is 10.1 Å². The molecule has 1 aromatic heterocycles. The number of carbonyl (C=O) groups excluding carboxylic acids is 1. The van der Waals surface area contributed by atoms with E-state index in [4.69, 9.17) is 4.74 Å². The SMILES string of the molecule is CC1CCCN(Cc2csc(NC(=O)c3ccc(OC(C)C)cc3)n2)C1. The molecule has 0 spiro atoms. The molecule has 0 aliphatic carbocycles. The van der Waals surface area contributed by atoms with Crippen molar-refractivity contribution in [3.05, 3.63) is 40.9 Å². The smallest absolute Gasteiger partial charge is 0.257 e. The highest BCUT2D eigenvalue weighted by Gasteiger charge is 2.17. The second-order valence-corrected chi connectivity index (χ2v) is 8.13. The van der Waals surface area contributed by atoms with Crippen molar-refractivity contribution in [1.82, 2.24) is 9.88 Å². The lowest BCUT2D eigenvalue weighted by Gasteiger charge is -2.30. The molecule has 0 saturated carbocycles. The van der Waals surface area contributed by atoms with E-state index in [0.717, 1.165) is 37.0 Å². The maximum Gasteiger partial charge on any atom is 0.257 e. The maximum absolute atomic E-state index is 12.4. The number of aromatic nitrogens is 1. The lowest BCUT2D eigenvalue weighted by atomic mass is 10.0. The van der Waals surface area contributed by atoms with Crippen LogP contribution in [0.2, 0.25) is 0 Å². The van der Waals surface area contributed by atoms with Gasteiger partial charge in [-0.25, -0.2) is 4.98 Å². The van der Waals surface area contributed by atoms with Crippen molar-refractivity contribution in [2.75, 3.05) is 18.4 Å². The van der Waals surface area contributed by atoms with E-state index in [2.05, 4.69) is 22.1 Å². The van der Waals surface area contributed by atoms with Crippen molar-refractivity contribution in [3.63, 3.8) is 0 Å². The monoisotopic (exact) mass is 373 g/mol. The van der Waals surface area contributed by atoms with Crippen molar-refractivity contribution in [2.45, 2.75) is 46.3 Å². The van der Waals surface area contributed by atoms with E-state index in [-0.39, 0.29) is 12.0 Å². The molecule has 140 valence electrons. The standard InChI is InChI=1S/C20H27N3O2S/c1-14(2)25-18-8-6-16(7-9-18)19(24)22-20-21-17(13-26-20)12-23-10-4-5-15(3)11-23/h6-9,13-15H,4-5,10-12H2,1-3H3,(H,21,22,24). The minimum Gasteiger partial charge on any atom is -0.491 e. The lowest BCUT2D eigenvalue weighted by Crippen LogP contribution is -2.33. The van der Waals surface area contributed by atoms with Crippen LogP contribution in [-0.2, 0) is 6.54 Å². The predicted octanol–water partition coefficient (Wildman–Crippen LogP) is 4.41. The zero-order valence-corrected chi connectivity index (χ0v) is 16.5. The molecule has 6 heteroatoms. The molecule has 0 radical (unpaired) electrons. The third kappa shape index (κ3) is 5.29. The summed E-state index contributed by atoms with van der Waals surface area (Å²) in [5.74, 6) is 1.38. The first-order valence-corrected chi connectivity index (χ1v) is 10.1. The first-order chi connectivity index (χ1) is 12.5. The fourth-order valence-corrected chi connectivity index (χ4v) is 3.92. The molecule has 1 aromatic carbocycles. The van der Waals surface area contributed by atoms with Gasteiger partial charge >= 0.3 is 0 Å². The summed E-state index contributed by atoms with van der Waals surface area (Å²) in [6.07, 6.45) is 2.69. The minimum atomic E-state index is -0.145. The Morgan fingerprint density at radius 1 is 1.38 bits per heavy atom. The topological polar surface area (TPSA) is 54.5 Å². The Morgan fingerprint density at radius 2 is 2.15 bits per heavy atom. The molecule has 1 N–H and O–H groups in total. The number of likely N-dealkylation sites (tertiary alicyclic amines) is 1. The fraction of sp³-hybridized carbons (Fsp3) is 0.500. The molecule has 1 unspecified atom stereocenters. The quantitative estimate of drug-likeness (QED) is 0.815. The Hall–Kier alpha value is -1.92. The van der Waals surface area contributed by atoms with Gasteiger partial charge < -0.3 is 4.74 Å². The van der Waals surface area contributed by atoms with E-state index < -0.39 is 0 Å². The van der Waals surface area contributed by atoms with Gasteiger partial charge in [-0.05, 0) is 63.4 Å². The Bertz CT molecular complexity index is 727. The van der Waals surface area contributed by atoms with E-state index >= 15 is 0 Å². The molecule has 1 aliphatic rings. The van der Waals surface area contributed by atoms with Crippen molar-refractivity contribution < 1.29 is 9.53 Å². The number of benzene rings is 1. The van der Waals surface area contributed by atoms with Gasteiger partial charge in [-0.3, -0.25) is 15.0 Å². The Labute approximate surface area is 159 Å². The van der Waals surface area contributed by atoms with Gasteiger partial charge in [-0.2, -0.15) is 0 Å². The normalized spacial score (nSPS) is 18.1. The molecular formula is C20H27N3O2S. The Morgan fingerprint density at radius 3 is 2.85 bits per heavy atom. The summed E-state index contributed by atoms with van der Waals surface area (Å²) in [7, 11) is 0. The van der Waals surface area contributed by atoms with E-state index in [0.29, 0.717) is 10.7 Å². The van der Waals surface area contributed by atoms with Crippen LogP contribution in [0.5, 0.6) is 5.75 Å². The highest BCUT2D eigenvalue weighted by Crippen LogP contribution is 2.22. The number of rotatable bonds is 6. The van der Waals surface area contributed by atoms with Crippen LogP contribution in [0.25, 0.3) is 0 Å². The van der Waals surface area contributed by atoms with E-state index in [1.165, 1.54) is 24.2 Å². The van der Waals surface area contributed by atoms with Gasteiger partial charge in [0.25, 0.3) is 5.91 Å². The van der Waals surface area contributed by atoms with Gasteiger partial charge in [0.05, 0.1) is 11.8 Å². The fourth-order valence-electron chi connectivity index (χ4n) is 3.22. The van der Waals surface area contributed by atoms with Crippen LogP contribution in [0.1, 0.15) is 49.7 Å². The van der Waals surface area contributed by atoms with Crippen LogP contribution in [0.4, 0.5) is 5.13 Å². The van der Waals surface area contributed by atoms with Crippen LogP contribution >= 0.6 is 11.3 Å². The molecule has 1 atom stereocenters. The second-order valence-electron chi connectivity index (χ2n) is 7.27. The van der Waals surface area contributed by atoms with Crippen molar-refractivity contribution in [3.8, 4) is 5.75 Å². The molecule has 5 nitrogen and oxygen atoms in total.